The molecule has 3 rings (SSSR count). The lowest BCUT2D eigenvalue weighted by molar-refractivity contribution is 0.389. The van der Waals surface area contributed by atoms with Gasteiger partial charge in [-0.1, -0.05) is 5.16 Å². The zero-order chi connectivity index (χ0) is 12.7. The Morgan fingerprint density at radius 1 is 1.44 bits per heavy atom. The van der Waals surface area contributed by atoms with Gasteiger partial charge in [0.05, 0.1) is 17.6 Å². The van der Waals surface area contributed by atoms with Crippen LogP contribution in [0.1, 0.15) is 11.5 Å². The number of aromatic nitrogens is 3. The van der Waals surface area contributed by atoms with Crippen molar-refractivity contribution in [2.75, 3.05) is 0 Å². The summed E-state index contributed by atoms with van der Waals surface area (Å²) in [5.74, 6) is 0.448. The van der Waals surface area contributed by atoms with E-state index in [9.17, 15) is 4.39 Å². The van der Waals surface area contributed by atoms with Crippen molar-refractivity contribution in [3.63, 3.8) is 0 Å². The lowest BCUT2D eigenvalue weighted by Crippen LogP contribution is -1.99. The SMILES string of the molecule is Cc1cc(Cn2c(=S)[nH]c3ccc(F)cc32)no1. The predicted octanol–water partition coefficient (Wildman–Crippen LogP) is 3.18. The monoisotopic (exact) mass is 263 g/mol. The van der Waals surface area contributed by atoms with Crippen LogP contribution in [0.3, 0.4) is 0 Å². The van der Waals surface area contributed by atoms with Crippen LogP contribution in [-0.4, -0.2) is 14.7 Å². The number of imidazole rings is 1. The van der Waals surface area contributed by atoms with Crippen molar-refractivity contribution < 1.29 is 8.91 Å². The molecule has 0 fully saturated rings. The predicted molar refractivity (Wildman–Crippen MR) is 67.4 cm³/mol. The molecule has 0 radical (unpaired) electrons. The van der Waals surface area contributed by atoms with E-state index in [1.54, 1.807) is 10.6 Å². The quantitative estimate of drug-likeness (QED) is 0.722. The first-order valence-corrected chi connectivity index (χ1v) is 5.84. The molecule has 2 heterocycles. The van der Waals surface area contributed by atoms with Crippen LogP contribution in [0.2, 0.25) is 0 Å². The maximum absolute atomic E-state index is 13.3. The molecule has 3 aromatic rings. The Morgan fingerprint density at radius 3 is 3.00 bits per heavy atom. The van der Waals surface area contributed by atoms with Crippen molar-refractivity contribution in [1.29, 1.82) is 0 Å². The Morgan fingerprint density at radius 2 is 2.28 bits per heavy atom. The summed E-state index contributed by atoms with van der Waals surface area (Å²) in [6.07, 6.45) is 0. The molecule has 0 spiro atoms. The Labute approximate surface area is 107 Å². The summed E-state index contributed by atoms with van der Waals surface area (Å²) in [5, 5.41) is 3.91. The van der Waals surface area contributed by atoms with Crippen LogP contribution in [0.5, 0.6) is 0 Å². The molecule has 0 saturated carbocycles. The van der Waals surface area contributed by atoms with Gasteiger partial charge < -0.3 is 14.1 Å². The Balaban J connectivity index is 2.13. The van der Waals surface area contributed by atoms with Crippen molar-refractivity contribution in [3.8, 4) is 0 Å². The molecule has 6 heteroatoms. The van der Waals surface area contributed by atoms with Crippen LogP contribution in [0.25, 0.3) is 11.0 Å². The van der Waals surface area contributed by atoms with Gasteiger partial charge >= 0.3 is 0 Å². The van der Waals surface area contributed by atoms with Crippen molar-refractivity contribution in [2.45, 2.75) is 13.5 Å². The van der Waals surface area contributed by atoms with E-state index in [2.05, 4.69) is 10.1 Å². The zero-order valence-electron chi connectivity index (χ0n) is 9.61. The summed E-state index contributed by atoms with van der Waals surface area (Å²) < 4.78 is 20.6. The summed E-state index contributed by atoms with van der Waals surface area (Å²) in [6.45, 7) is 2.28. The number of aromatic amines is 1. The second-order valence-corrected chi connectivity index (χ2v) is 4.49. The van der Waals surface area contributed by atoms with Gasteiger partial charge in [0.25, 0.3) is 0 Å². The molecule has 4 nitrogen and oxygen atoms in total. The van der Waals surface area contributed by atoms with Crippen molar-refractivity contribution in [3.05, 3.63) is 46.3 Å². The normalized spacial score (nSPS) is 11.2. The lowest BCUT2D eigenvalue weighted by Gasteiger charge is -2.00. The zero-order valence-corrected chi connectivity index (χ0v) is 10.4. The highest BCUT2D eigenvalue weighted by Gasteiger charge is 2.08. The van der Waals surface area contributed by atoms with E-state index in [0.717, 1.165) is 22.5 Å². The largest absolute Gasteiger partial charge is 0.361 e. The molecule has 18 heavy (non-hydrogen) atoms. The van der Waals surface area contributed by atoms with Gasteiger partial charge in [0, 0.05) is 6.07 Å². The molecule has 2 aromatic heterocycles. The van der Waals surface area contributed by atoms with Crippen LogP contribution in [0.4, 0.5) is 4.39 Å². The Bertz CT molecular complexity index is 771. The molecule has 1 aromatic carbocycles. The van der Waals surface area contributed by atoms with E-state index in [1.807, 2.05) is 13.0 Å². The highest BCUT2D eigenvalue weighted by Crippen LogP contribution is 2.17. The average Bonchev–Trinajstić information content (AvgIpc) is 2.86. The number of nitrogens with zero attached hydrogens (tertiary/aromatic N) is 2. The van der Waals surface area contributed by atoms with Crippen molar-refractivity contribution in [1.82, 2.24) is 14.7 Å². The van der Waals surface area contributed by atoms with E-state index in [1.165, 1.54) is 12.1 Å². The first-order valence-electron chi connectivity index (χ1n) is 5.44. The fourth-order valence-corrected chi connectivity index (χ4v) is 2.21. The Kier molecular flexibility index (Phi) is 2.52. The van der Waals surface area contributed by atoms with Crippen LogP contribution < -0.4 is 0 Å². The van der Waals surface area contributed by atoms with Gasteiger partial charge in [-0.05, 0) is 37.3 Å². The van der Waals surface area contributed by atoms with Gasteiger partial charge in [-0.3, -0.25) is 0 Å². The number of hydrogen-bond acceptors (Lipinski definition) is 3. The van der Waals surface area contributed by atoms with Gasteiger partial charge in [-0.2, -0.15) is 0 Å². The second-order valence-electron chi connectivity index (χ2n) is 4.11. The molecule has 0 amide bonds. The van der Waals surface area contributed by atoms with Crippen molar-refractivity contribution >= 4 is 23.3 Å². The molecular formula is C12H10FN3OS. The minimum absolute atomic E-state index is 0.290. The highest BCUT2D eigenvalue weighted by molar-refractivity contribution is 7.71. The number of benzene rings is 1. The summed E-state index contributed by atoms with van der Waals surface area (Å²) >= 11 is 5.23. The van der Waals surface area contributed by atoms with Gasteiger partial charge in [0.2, 0.25) is 0 Å². The maximum atomic E-state index is 13.3. The molecule has 0 bridgehead atoms. The third-order valence-electron chi connectivity index (χ3n) is 2.73. The number of nitrogens with one attached hydrogen (secondary N) is 1. The van der Waals surface area contributed by atoms with Gasteiger partial charge in [0.15, 0.2) is 4.77 Å². The molecule has 0 aliphatic rings. The smallest absolute Gasteiger partial charge is 0.178 e. The topological polar surface area (TPSA) is 46.8 Å². The molecule has 0 aliphatic heterocycles. The number of hydrogen-bond donors (Lipinski definition) is 1. The molecule has 0 atom stereocenters. The summed E-state index contributed by atoms with van der Waals surface area (Å²) in [5.41, 5.74) is 2.29. The number of rotatable bonds is 2. The minimum Gasteiger partial charge on any atom is -0.361 e. The number of aryl methyl sites for hydroxylation is 1. The Hall–Kier alpha value is -1.95. The standard InChI is InChI=1S/C12H10FN3OS/c1-7-4-9(15-17-7)6-16-11-5-8(13)2-3-10(11)14-12(16)18/h2-5H,6H2,1H3,(H,14,18). The van der Waals surface area contributed by atoms with Gasteiger partial charge in [0.1, 0.15) is 17.3 Å². The molecule has 0 saturated heterocycles. The van der Waals surface area contributed by atoms with Crippen LogP contribution in [0.15, 0.2) is 28.8 Å². The molecule has 0 aliphatic carbocycles. The second kappa shape index (κ2) is 4.06. The first-order chi connectivity index (χ1) is 8.63. The van der Waals surface area contributed by atoms with E-state index < -0.39 is 0 Å². The molecule has 0 unspecified atom stereocenters. The maximum Gasteiger partial charge on any atom is 0.178 e. The number of fused-ring (bicyclic) bond motifs is 1. The van der Waals surface area contributed by atoms with Crippen LogP contribution in [0, 0.1) is 17.5 Å². The summed E-state index contributed by atoms with van der Waals surface area (Å²) in [4.78, 5) is 3.03. The van der Waals surface area contributed by atoms with E-state index in [4.69, 9.17) is 16.7 Å². The van der Waals surface area contributed by atoms with E-state index >= 15 is 0 Å². The van der Waals surface area contributed by atoms with Gasteiger partial charge in [-0.25, -0.2) is 4.39 Å². The molecule has 92 valence electrons. The fraction of sp³-hybridized carbons (Fsp3) is 0.167. The van der Waals surface area contributed by atoms with E-state index in [0.29, 0.717) is 11.3 Å². The number of halogens is 1. The summed E-state index contributed by atoms with van der Waals surface area (Å²) in [7, 11) is 0. The first kappa shape index (κ1) is 11.2. The fourth-order valence-electron chi connectivity index (χ4n) is 1.94. The third kappa shape index (κ3) is 1.84. The van der Waals surface area contributed by atoms with Crippen LogP contribution in [-0.2, 0) is 6.54 Å². The third-order valence-corrected chi connectivity index (χ3v) is 3.06. The molecule has 1 N–H and O–H groups in total. The lowest BCUT2D eigenvalue weighted by atomic mass is 10.3. The molecular weight excluding hydrogens is 253 g/mol. The average molecular weight is 263 g/mol. The van der Waals surface area contributed by atoms with Crippen LogP contribution >= 0.6 is 12.2 Å². The number of H-pyrrole nitrogens is 1. The highest BCUT2D eigenvalue weighted by atomic mass is 32.1. The minimum atomic E-state index is -0.290. The van der Waals surface area contributed by atoms with Gasteiger partial charge in [-0.15, -0.1) is 0 Å². The van der Waals surface area contributed by atoms with E-state index in [-0.39, 0.29) is 5.82 Å². The summed E-state index contributed by atoms with van der Waals surface area (Å²) in [6, 6.07) is 6.36. The van der Waals surface area contributed by atoms with Crippen molar-refractivity contribution in [2.24, 2.45) is 0 Å².